The highest BCUT2D eigenvalue weighted by Gasteiger charge is 2.36. The molecule has 0 bridgehead atoms. The second kappa shape index (κ2) is 5.97. The smallest absolute Gasteiger partial charge is 0.339 e. The fraction of sp³-hybridized carbons (Fsp3) is 0.615. The van der Waals surface area contributed by atoms with Crippen LogP contribution in [0.1, 0.15) is 25.5 Å². The number of sulfonamides is 1. The molecule has 1 aliphatic heterocycles. The van der Waals surface area contributed by atoms with Crippen molar-refractivity contribution in [1.29, 1.82) is 0 Å². The second-order valence-electron chi connectivity index (χ2n) is 4.95. The Bertz CT molecular complexity index is 616. The van der Waals surface area contributed by atoms with Crippen LogP contribution in [0.15, 0.2) is 21.3 Å². The molecular weight excluding hydrogens is 282 g/mol. The molecule has 0 saturated carbocycles. The van der Waals surface area contributed by atoms with E-state index in [4.69, 9.17) is 9.15 Å². The summed E-state index contributed by atoms with van der Waals surface area (Å²) in [4.78, 5) is 11.2. The van der Waals surface area contributed by atoms with Gasteiger partial charge >= 0.3 is 5.63 Å². The molecule has 112 valence electrons. The van der Waals surface area contributed by atoms with Crippen LogP contribution in [0.5, 0.6) is 5.75 Å². The molecular formula is C13H19NO5S. The Labute approximate surface area is 118 Å². The van der Waals surface area contributed by atoms with Crippen LogP contribution < -0.4 is 10.4 Å². The van der Waals surface area contributed by atoms with Gasteiger partial charge < -0.3 is 9.15 Å². The monoisotopic (exact) mass is 301 g/mol. The van der Waals surface area contributed by atoms with E-state index in [0.717, 1.165) is 6.42 Å². The van der Waals surface area contributed by atoms with Gasteiger partial charge in [-0.1, -0.05) is 13.3 Å². The van der Waals surface area contributed by atoms with Crippen molar-refractivity contribution in [2.75, 3.05) is 18.8 Å². The van der Waals surface area contributed by atoms with E-state index in [1.807, 2.05) is 6.92 Å². The minimum Gasteiger partial charge on any atom is -0.487 e. The van der Waals surface area contributed by atoms with Crippen molar-refractivity contribution in [1.82, 2.24) is 4.31 Å². The predicted molar refractivity (Wildman–Crippen MR) is 74.4 cm³/mol. The van der Waals surface area contributed by atoms with Gasteiger partial charge in [0.25, 0.3) is 0 Å². The highest BCUT2D eigenvalue weighted by molar-refractivity contribution is 7.89. The van der Waals surface area contributed by atoms with Crippen molar-refractivity contribution in [3.63, 3.8) is 0 Å². The fourth-order valence-corrected chi connectivity index (χ4v) is 3.69. The number of ether oxygens (including phenoxy) is 1. The zero-order chi connectivity index (χ0) is 14.8. The van der Waals surface area contributed by atoms with E-state index in [-0.39, 0.29) is 11.9 Å². The molecule has 1 aromatic heterocycles. The molecule has 1 aliphatic rings. The highest BCUT2D eigenvalue weighted by atomic mass is 32.2. The summed E-state index contributed by atoms with van der Waals surface area (Å²) in [7, 11) is -3.15. The van der Waals surface area contributed by atoms with Gasteiger partial charge in [-0.15, -0.1) is 0 Å². The lowest BCUT2D eigenvalue weighted by Gasteiger charge is -2.37. The molecule has 7 heteroatoms. The van der Waals surface area contributed by atoms with Crippen molar-refractivity contribution in [2.24, 2.45) is 0 Å². The summed E-state index contributed by atoms with van der Waals surface area (Å²) in [5, 5.41) is 0. The molecule has 0 aromatic carbocycles. The zero-order valence-electron chi connectivity index (χ0n) is 11.7. The normalized spacial score (nSPS) is 16.9. The topological polar surface area (TPSA) is 76.8 Å². The van der Waals surface area contributed by atoms with Crippen LogP contribution in [-0.2, 0) is 10.0 Å². The maximum Gasteiger partial charge on any atom is 0.339 e. The minimum atomic E-state index is -3.15. The van der Waals surface area contributed by atoms with E-state index < -0.39 is 15.6 Å². The molecule has 1 saturated heterocycles. The number of hydrogen-bond donors (Lipinski definition) is 0. The Morgan fingerprint density at radius 2 is 2.10 bits per heavy atom. The van der Waals surface area contributed by atoms with E-state index in [0.29, 0.717) is 31.0 Å². The molecule has 0 radical (unpaired) electrons. The van der Waals surface area contributed by atoms with Crippen LogP contribution in [0.3, 0.4) is 0 Å². The number of aryl methyl sites for hydroxylation is 1. The molecule has 0 atom stereocenters. The van der Waals surface area contributed by atoms with Crippen LogP contribution in [-0.4, -0.2) is 37.7 Å². The van der Waals surface area contributed by atoms with Crippen molar-refractivity contribution >= 4 is 10.0 Å². The van der Waals surface area contributed by atoms with E-state index >= 15 is 0 Å². The largest absolute Gasteiger partial charge is 0.487 e. The summed E-state index contributed by atoms with van der Waals surface area (Å²) in [6.45, 7) is 4.30. The molecule has 0 N–H and O–H groups in total. The number of nitrogens with zero attached hydrogens (tertiary/aromatic N) is 1. The van der Waals surface area contributed by atoms with Crippen molar-refractivity contribution in [3.8, 4) is 5.75 Å². The quantitative estimate of drug-likeness (QED) is 0.787. The fourth-order valence-electron chi connectivity index (χ4n) is 1.99. The Hall–Kier alpha value is -1.34. The Balaban J connectivity index is 1.89. The first kappa shape index (κ1) is 15.1. The molecule has 0 unspecified atom stereocenters. The lowest BCUT2D eigenvalue weighted by molar-refractivity contribution is 0.0754. The van der Waals surface area contributed by atoms with Gasteiger partial charge in [0, 0.05) is 6.07 Å². The van der Waals surface area contributed by atoms with Crippen LogP contribution in [0, 0.1) is 6.92 Å². The van der Waals surface area contributed by atoms with Crippen LogP contribution >= 0.6 is 0 Å². The van der Waals surface area contributed by atoms with E-state index in [1.165, 1.54) is 10.4 Å². The van der Waals surface area contributed by atoms with E-state index in [9.17, 15) is 13.2 Å². The van der Waals surface area contributed by atoms with E-state index in [2.05, 4.69) is 0 Å². The number of rotatable bonds is 6. The maximum atomic E-state index is 11.9. The summed E-state index contributed by atoms with van der Waals surface area (Å²) in [6, 6.07) is 2.89. The predicted octanol–water partition coefficient (Wildman–Crippen LogP) is 1.14. The van der Waals surface area contributed by atoms with Gasteiger partial charge in [0.15, 0.2) is 0 Å². The summed E-state index contributed by atoms with van der Waals surface area (Å²) in [6.07, 6.45) is 1.32. The molecule has 0 amide bonds. The van der Waals surface area contributed by atoms with Crippen molar-refractivity contribution in [2.45, 2.75) is 32.8 Å². The lowest BCUT2D eigenvalue weighted by atomic mass is 10.2. The third-order valence-electron chi connectivity index (χ3n) is 3.13. The zero-order valence-corrected chi connectivity index (χ0v) is 12.5. The molecule has 20 heavy (non-hydrogen) atoms. The Kier molecular flexibility index (Phi) is 4.49. The minimum absolute atomic E-state index is 0.185. The van der Waals surface area contributed by atoms with Gasteiger partial charge in [0.05, 0.1) is 24.9 Å². The van der Waals surface area contributed by atoms with Gasteiger partial charge in [0.2, 0.25) is 10.0 Å². The van der Waals surface area contributed by atoms with Gasteiger partial charge in [-0.3, -0.25) is 0 Å². The van der Waals surface area contributed by atoms with Gasteiger partial charge in [-0.05, 0) is 13.3 Å². The molecule has 6 nitrogen and oxygen atoms in total. The first-order valence-corrected chi connectivity index (χ1v) is 8.28. The molecule has 2 rings (SSSR count). The highest BCUT2D eigenvalue weighted by Crippen LogP contribution is 2.21. The summed E-state index contributed by atoms with van der Waals surface area (Å²) in [5.41, 5.74) is -0.466. The molecule has 0 aliphatic carbocycles. The van der Waals surface area contributed by atoms with E-state index in [1.54, 1.807) is 13.0 Å². The summed E-state index contributed by atoms with van der Waals surface area (Å²) in [5.74, 6) is 1.08. The third kappa shape index (κ3) is 3.61. The first-order valence-electron chi connectivity index (χ1n) is 6.67. The summed E-state index contributed by atoms with van der Waals surface area (Å²) >= 11 is 0. The Morgan fingerprint density at radius 1 is 1.40 bits per heavy atom. The average molecular weight is 301 g/mol. The second-order valence-corrected chi connectivity index (χ2v) is 7.04. The number of hydrogen-bond acceptors (Lipinski definition) is 5. The Morgan fingerprint density at radius 3 is 2.70 bits per heavy atom. The molecule has 1 fully saturated rings. The standard InChI is InChI=1S/C13H19NO5S/c1-3-4-5-20(16,17)14-8-12(9-14)19-11-6-10(2)18-13(15)7-11/h6-7,12H,3-5,8-9H2,1-2H3. The average Bonchev–Trinajstić information content (AvgIpc) is 2.29. The SMILES string of the molecule is CCCCS(=O)(=O)N1CC(Oc2cc(C)oc(=O)c2)C1. The lowest BCUT2D eigenvalue weighted by Crippen LogP contribution is -2.56. The van der Waals surface area contributed by atoms with Crippen LogP contribution in [0.4, 0.5) is 0 Å². The van der Waals surface area contributed by atoms with Crippen LogP contribution in [0.25, 0.3) is 0 Å². The van der Waals surface area contributed by atoms with Gasteiger partial charge in [0.1, 0.15) is 17.6 Å². The van der Waals surface area contributed by atoms with Crippen molar-refractivity contribution < 1.29 is 17.6 Å². The molecule has 0 spiro atoms. The summed E-state index contributed by atoms with van der Waals surface area (Å²) < 4.78 is 35.6. The third-order valence-corrected chi connectivity index (χ3v) is 5.02. The molecule has 1 aromatic rings. The first-order chi connectivity index (χ1) is 9.40. The van der Waals surface area contributed by atoms with Gasteiger partial charge in [-0.25, -0.2) is 13.2 Å². The molecule has 2 heterocycles. The van der Waals surface area contributed by atoms with Crippen molar-refractivity contribution in [3.05, 3.63) is 28.3 Å². The number of unbranched alkanes of at least 4 members (excludes halogenated alkanes) is 1. The maximum absolute atomic E-state index is 11.9. The van der Waals surface area contributed by atoms with Gasteiger partial charge in [-0.2, -0.15) is 4.31 Å². The van der Waals surface area contributed by atoms with Crippen LogP contribution in [0.2, 0.25) is 0 Å².